The maximum Gasteiger partial charge on any atom is 0.415 e. The molecule has 0 amide bonds. The maximum absolute atomic E-state index is 13.2. The average molecular weight is 366 g/mol. The third-order valence-electron chi connectivity index (χ3n) is 3.28. The standard InChI is InChI=1S/C16H18F4O5/c1-9(2)11-5-4-10(3)8-12(11)24-6-7-25-14(23)16(19,20)15(17,18)13(21)22/h4-5,8-9H,6-7H2,1-3H3,(H,21,22). The number of aryl methyl sites for hydroxylation is 1. The highest BCUT2D eigenvalue weighted by Crippen LogP contribution is 2.35. The van der Waals surface area contributed by atoms with E-state index in [9.17, 15) is 27.2 Å². The fourth-order valence-corrected chi connectivity index (χ4v) is 1.88. The molecular weight excluding hydrogens is 348 g/mol. The zero-order valence-corrected chi connectivity index (χ0v) is 13.8. The number of aliphatic carboxylic acids is 1. The van der Waals surface area contributed by atoms with Crippen molar-refractivity contribution in [1.82, 2.24) is 0 Å². The zero-order chi connectivity index (χ0) is 19.4. The normalized spacial score (nSPS) is 12.2. The van der Waals surface area contributed by atoms with E-state index >= 15 is 0 Å². The number of carboxylic acids is 1. The Bertz CT molecular complexity index is 643. The molecule has 1 aromatic rings. The summed E-state index contributed by atoms with van der Waals surface area (Å²) in [7, 11) is 0. The lowest BCUT2D eigenvalue weighted by Gasteiger charge is -2.21. The first kappa shape index (κ1) is 20.7. The number of ether oxygens (including phenoxy) is 2. The third-order valence-corrected chi connectivity index (χ3v) is 3.28. The minimum absolute atomic E-state index is 0.108. The van der Waals surface area contributed by atoms with Crippen molar-refractivity contribution in [3.05, 3.63) is 29.3 Å². The Morgan fingerprint density at radius 1 is 1.12 bits per heavy atom. The molecule has 0 fully saturated rings. The van der Waals surface area contributed by atoms with Crippen LogP contribution >= 0.6 is 0 Å². The lowest BCUT2D eigenvalue weighted by atomic mass is 10.0. The largest absolute Gasteiger partial charge is 0.490 e. The van der Waals surface area contributed by atoms with Gasteiger partial charge in [0.25, 0.3) is 0 Å². The second kappa shape index (κ2) is 7.71. The van der Waals surface area contributed by atoms with Gasteiger partial charge in [-0.25, -0.2) is 9.59 Å². The first-order valence-corrected chi connectivity index (χ1v) is 7.30. The molecule has 0 bridgehead atoms. The molecule has 0 spiro atoms. The van der Waals surface area contributed by atoms with E-state index in [-0.39, 0.29) is 12.5 Å². The van der Waals surface area contributed by atoms with E-state index in [0.717, 1.165) is 11.1 Å². The number of hydrogen-bond acceptors (Lipinski definition) is 4. The smallest absolute Gasteiger partial charge is 0.415 e. The van der Waals surface area contributed by atoms with Crippen molar-refractivity contribution in [3.63, 3.8) is 0 Å². The second-order valence-electron chi connectivity index (χ2n) is 5.63. The topological polar surface area (TPSA) is 72.8 Å². The number of carboxylic acid groups (broad SMARTS) is 1. The van der Waals surface area contributed by atoms with Crippen LogP contribution in [0.2, 0.25) is 0 Å². The molecule has 1 N–H and O–H groups in total. The third kappa shape index (κ3) is 4.61. The van der Waals surface area contributed by atoms with Crippen LogP contribution in [0.25, 0.3) is 0 Å². The SMILES string of the molecule is Cc1ccc(C(C)C)c(OCCOC(=O)C(F)(F)C(F)(F)C(=O)O)c1. The van der Waals surface area contributed by atoms with Gasteiger partial charge < -0.3 is 14.6 Å². The number of carbonyl (C=O) groups is 2. The van der Waals surface area contributed by atoms with Crippen LogP contribution < -0.4 is 4.74 Å². The van der Waals surface area contributed by atoms with E-state index < -0.39 is 30.4 Å². The van der Waals surface area contributed by atoms with Gasteiger partial charge in [0.05, 0.1) is 0 Å². The highest BCUT2D eigenvalue weighted by Gasteiger charge is 2.68. The van der Waals surface area contributed by atoms with E-state index in [4.69, 9.17) is 9.84 Å². The van der Waals surface area contributed by atoms with E-state index in [1.54, 1.807) is 6.07 Å². The van der Waals surface area contributed by atoms with Crippen molar-refractivity contribution < 1.29 is 41.7 Å². The molecular formula is C16H18F4O5. The molecule has 5 nitrogen and oxygen atoms in total. The number of esters is 1. The fourth-order valence-electron chi connectivity index (χ4n) is 1.88. The Labute approximate surface area is 141 Å². The van der Waals surface area contributed by atoms with Crippen LogP contribution in [0.5, 0.6) is 5.75 Å². The molecule has 0 saturated carbocycles. The quantitative estimate of drug-likeness (QED) is 0.434. The molecule has 9 heteroatoms. The molecule has 1 aromatic carbocycles. The Hall–Kier alpha value is -2.32. The van der Waals surface area contributed by atoms with E-state index in [2.05, 4.69) is 4.74 Å². The first-order valence-electron chi connectivity index (χ1n) is 7.30. The van der Waals surface area contributed by atoms with Gasteiger partial charge in [-0.15, -0.1) is 0 Å². The summed E-state index contributed by atoms with van der Waals surface area (Å²) in [5.41, 5.74) is 1.71. The van der Waals surface area contributed by atoms with Crippen molar-refractivity contribution >= 4 is 11.9 Å². The highest BCUT2D eigenvalue weighted by atomic mass is 19.3. The summed E-state index contributed by atoms with van der Waals surface area (Å²) in [6.45, 7) is 4.53. The van der Waals surface area contributed by atoms with Gasteiger partial charge in [0, 0.05) is 0 Å². The number of halogens is 4. The van der Waals surface area contributed by atoms with E-state index in [0.29, 0.717) is 5.75 Å². The minimum atomic E-state index is -5.56. The maximum atomic E-state index is 13.2. The molecule has 0 aliphatic carbocycles. The monoisotopic (exact) mass is 366 g/mol. The van der Waals surface area contributed by atoms with Crippen molar-refractivity contribution in [2.24, 2.45) is 0 Å². The molecule has 0 heterocycles. The highest BCUT2D eigenvalue weighted by molar-refractivity contribution is 5.89. The number of carbonyl (C=O) groups excluding carboxylic acids is 1. The average Bonchev–Trinajstić information content (AvgIpc) is 2.50. The van der Waals surface area contributed by atoms with Crippen LogP contribution in [0, 0.1) is 6.92 Å². The van der Waals surface area contributed by atoms with Gasteiger partial charge in [0.1, 0.15) is 19.0 Å². The van der Waals surface area contributed by atoms with E-state index in [1.807, 2.05) is 32.9 Å². The predicted molar refractivity (Wildman–Crippen MR) is 79.3 cm³/mol. The summed E-state index contributed by atoms with van der Waals surface area (Å²) >= 11 is 0. The fraction of sp³-hybridized carbons (Fsp3) is 0.500. The predicted octanol–water partition coefficient (Wildman–Crippen LogP) is 3.40. The van der Waals surface area contributed by atoms with Crippen molar-refractivity contribution in [1.29, 1.82) is 0 Å². The number of alkyl halides is 4. The van der Waals surface area contributed by atoms with Gasteiger partial charge in [0.2, 0.25) is 0 Å². The van der Waals surface area contributed by atoms with Crippen LogP contribution in [0.3, 0.4) is 0 Å². The molecule has 0 aliphatic rings. The molecule has 140 valence electrons. The van der Waals surface area contributed by atoms with Crippen LogP contribution in [0.1, 0.15) is 30.9 Å². The van der Waals surface area contributed by atoms with Gasteiger partial charge in [-0.2, -0.15) is 17.6 Å². The van der Waals surface area contributed by atoms with Gasteiger partial charge in [-0.1, -0.05) is 26.0 Å². The molecule has 25 heavy (non-hydrogen) atoms. The van der Waals surface area contributed by atoms with Crippen LogP contribution in [0.15, 0.2) is 18.2 Å². The molecule has 0 atom stereocenters. The molecule has 0 aliphatic heterocycles. The number of hydrogen-bond donors (Lipinski definition) is 1. The lowest BCUT2D eigenvalue weighted by Crippen LogP contribution is -2.53. The minimum Gasteiger partial charge on any atom is -0.490 e. The Morgan fingerprint density at radius 3 is 2.24 bits per heavy atom. The summed E-state index contributed by atoms with van der Waals surface area (Å²) in [4.78, 5) is 21.2. The Morgan fingerprint density at radius 2 is 1.72 bits per heavy atom. The summed E-state index contributed by atoms with van der Waals surface area (Å²) < 4.78 is 61.4. The van der Waals surface area contributed by atoms with Gasteiger partial charge in [-0.3, -0.25) is 0 Å². The first-order chi connectivity index (χ1) is 11.4. The molecule has 0 unspecified atom stereocenters. The second-order valence-corrected chi connectivity index (χ2v) is 5.63. The summed E-state index contributed by atoms with van der Waals surface area (Å²) in [5, 5.41) is 8.09. The molecule has 1 rings (SSSR count). The van der Waals surface area contributed by atoms with Crippen molar-refractivity contribution in [3.8, 4) is 5.75 Å². The van der Waals surface area contributed by atoms with Crippen LogP contribution in [-0.2, 0) is 14.3 Å². The lowest BCUT2D eigenvalue weighted by molar-refractivity contribution is -0.235. The van der Waals surface area contributed by atoms with Gasteiger partial charge >= 0.3 is 23.8 Å². The summed E-state index contributed by atoms with van der Waals surface area (Å²) in [6.07, 6.45) is 0. The van der Waals surface area contributed by atoms with Gasteiger partial charge in [0.15, 0.2) is 0 Å². The van der Waals surface area contributed by atoms with Crippen molar-refractivity contribution in [2.45, 2.75) is 38.5 Å². The van der Waals surface area contributed by atoms with Crippen molar-refractivity contribution in [2.75, 3.05) is 13.2 Å². The molecule has 0 radical (unpaired) electrons. The van der Waals surface area contributed by atoms with E-state index in [1.165, 1.54) is 0 Å². The Kier molecular flexibility index (Phi) is 6.39. The summed E-state index contributed by atoms with van der Waals surface area (Å²) in [6, 6.07) is 5.38. The Balaban J connectivity index is 2.66. The van der Waals surface area contributed by atoms with Crippen LogP contribution in [0.4, 0.5) is 17.6 Å². The summed E-state index contributed by atoms with van der Waals surface area (Å²) in [5.74, 6) is -16.2. The number of rotatable bonds is 8. The molecule has 0 saturated heterocycles. The molecule has 0 aromatic heterocycles. The van der Waals surface area contributed by atoms with Gasteiger partial charge in [-0.05, 0) is 30.0 Å². The number of benzene rings is 1. The zero-order valence-electron chi connectivity index (χ0n) is 13.8. The van der Waals surface area contributed by atoms with Crippen LogP contribution in [-0.4, -0.2) is 42.1 Å².